The number of likely N-dealkylation sites (tertiary alicyclic amines) is 1. The van der Waals surface area contributed by atoms with Crippen LogP contribution in [0.5, 0.6) is 0 Å². The Balaban J connectivity index is 1.89. The van der Waals surface area contributed by atoms with E-state index < -0.39 is 9.84 Å². The van der Waals surface area contributed by atoms with Gasteiger partial charge in [-0.3, -0.25) is 0 Å². The van der Waals surface area contributed by atoms with Crippen LogP contribution < -0.4 is 5.32 Å². The normalized spacial score (nSPS) is 18.5. The van der Waals surface area contributed by atoms with Crippen LogP contribution in [0.1, 0.15) is 19.3 Å². The molecule has 0 aromatic carbocycles. The maximum atomic E-state index is 10.8. The third kappa shape index (κ3) is 6.87. The van der Waals surface area contributed by atoms with Crippen LogP contribution in [-0.2, 0) is 9.84 Å². The van der Waals surface area contributed by atoms with E-state index in [9.17, 15) is 8.42 Å². The molecule has 0 bridgehead atoms. The second-order valence-corrected chi connectivity index (χ2v) is 6.54. The van der Waals surface area contributed by atoms with Gasteiger partial charge in [-0.2, -0.15) is 0 Å². The molecule has 0 aromatic heterocycles. The standard InChI is InChI=1S/C10H22N2O2S/c1-15(13,14)10-4-5-11-6-9-12-7-2-3-8-12/h11H,2-10H2,1H3. The highest BCUT2D eigenvalue weighted by atomic mass is 32.2. The minimum atomic E-state index is -2.78. The van der Waals surface area contributed by atoms with Gasteiger partial charge in [0.1, 0.15) is 9.84 Å². The smallest absolute Gasteiger partial charge is 0.147 e. The highest BCUT2D eigenvalue weighted by Gasteiger charge is 2.09. The van der Waals surface area contributed by atoms with Gasteiger partial charge >= 0.3 is 0 Å². The average Bonchev–Trinajstić information content (AvgIpc) is 2.61. The summed E-state index contributed by atoms with van der Waals surface area (Å²) in [4.78, 5) is 2.45. The van der Waals surface area contributed by atoms with Gasteiger partial charge in [-0.1, -0.05) is 0 Å². The molecule has 1 N–H and O–H groups in total. The third-order valence-corrected chi connectivity index (χ3v) is 3.70. The summed E-state index contributed by atoms with van der Waals surface area (Å²) in [7, 11) is -2.78. The molecule has 0 aromatic rings. The summed E-state index contributed by atoms with van der Waals surface area (Å²) < 4.78 is 21.7. The number of rotatable bonds is 7. The van der Waals surface area contributed by atoms with Crippen LogP contribution >= 0.6 is 0 Å². The van der Waals surface area contributed by atoms with Gasteiger partial charge in [-0.05, 0) is 38.9 Å². The molecule has 0 spiro atoms. The highest BCUT2D eigenvalue weighted by Crippen LogP contribution is 2.05. The number of nitrogens with one attached hydrogen (secondary N) is 1. The minimum Gasteiger partial charge on any atom is -0.315 e. The molecular weight excluding hydrogens is 212 g/mol. The Hall–Kier alpha value is -0.130. The third-order valence-electron chi connectivity index (χ3n) is 2.67. The zero-order valence-corrected chi connectivity index (χ0v) is 10.4. The molecule has 1 fully saturated rings. The van der Waals surface area contributed by atoms with Crippen LogP contribution in [0.15, 0.2) is 0 Å². The van der Waals surface area contributed by atoms with Crippen molar-refractivity contribution in [3.63, 3.8) is 0 Å². The van der Waals surface area contributed by atoms with Crippen LogP contribution in [0.3, 0.4) is 0 Å². The quantitative estimate of drug-likeness (QED) is 0.635. The van der Waals surface area contributed by atoms with Crippen molar-refractivity contribution in [2.45, 2.75) is 19.3 Å². The molecule has 0 unspecified atom stereocenters. The first kappa shape index (κ1) is 12.9. The fourth-order valence-corrected chi connectivity index (χ4v) is 2.50. The first-order chi connectivity index (χ1) is 7.08. The van der Waals surface area contributed by atoms with Crippen molar-refractivity contribution in [2.75, 3.05) is 44.7 Å². The molecule has 4 nitrogen and oxygen atoms in total. The van der Waals surface area contributed by atoms with E-state index in [1.54, 1.807) is 0 Å². The molecule has 1 aliphatic heterocycles. The maximum absolute atomic E-state index is 10.8. The molecule has 90 valence electrons. The van der Waals surface area contributed by atoms with E-state index in [1.165, 1.54) is 32.2 Å². The van der Waals surface area contributed by atoms with Gasteiger partial charge in [0.25, 0.3) is 0 Å². The molecular formula is C10H22N2O2S. The lowest BCUT2D eigenvalue weighted by Crippen LogP contribution is -2.30. The monoisotopic (exact) mass is 234 g/mol. The highest BCUT2D eigenvalue weighted by molar-refractivity contribution is 7.90. The van der Waals surface area contributed by atoms with E-state index in [0.717, 1.165) is 26.1 Å². The van der Waals surface area contributed by atoms with E-state index in [0.29, 0.717) is 5.75 Å². The molecule has 0 aliphatic carbocycles. The zero-order chi connectivity index (χ0) is 11.1. The molecule has 0 saturated carbocycles. The maximum Gasteiger partial charge on any atom is 0.147 e. The molecule has 1 heterocycles. The molecule has 15 heavy (non-hydrogen) atoms. The summed E-state index contributed by atoms with van der Waals surface area (Å²) >= 11 is 0. The Morgan fingerprint density at radius 3 is 2.47 bits per heavy atom. The van der Waals surface area contributed by atoms with Gasteiger partial charge < -0.3 is 10.2 Å². The lowest BCUT2D eigenvalue weighted by Gasteiger charge is -2.14. The van der Waals surface area contributed by atoms with Crippen molar-refractivity contribution in [1.82, 2.24) is 10.2 Å². The van der Waals surface area contributed by atoms with E-state index in [2.05, 4.69) is 10.2 Å². The van der Waals surface area contributed by atoms with Crippen LogP contribution in [-0.4, -0.2) is 58.1 Å². The van der Waals surface area contributed by atoms with Crippen molar-refractivity contribution in [3.05, 3.63) is 0 Å². The van der Waals surface area contributed by atoms with E-state index >= 15 is 0 Å². The number of hydrogen-bond acceptors (Lipinski definition) is 4. The summed E-state index contributed by atoms with van der Waals surface area (Å²) in [5, 5.41) is 3.28. The zero-order valence-electron chi connectivity index (χ0n) is 9.54. The predicted molar refractivity (Wildman–Crippen MR) is 62.9 cm³/mol. The summed E-state index contributed by atoms with van der Waals surface area (Å²) in [6.07, 6.45) is 4.66. The van der Waals surface area contributed by atoms with Crippen LogP contribution in [0.2, 0.25) is 0 Å². The Labute approximate surface area is 93.0 Å². The molecule has 0 amide bonds. The van der Waals surface area contributed by atoms with Crippen molar-refractivity contribution in [2.24, 2.45) is 0 Å². The van der Waals surface area contributed by atoms with Crippen molar-refractivity contribution in [3.8, 4) is 0 Å². The van der Waals surface area contributed by atoms with Gasteiger partial charge in [-0.25, -0.2) is 8.42 Å². The molecule has 1 aliphatic rings. The van der Waals surface area contributed by atoms with Gasteiger partial charge in [0, 0.05) is 19.3 Å². The van der Waals surface area contributed by atoms with E-state index in [-0.39, 0.29) is 0 Å². The van der Waals surface area contributed by atoms with E-state index in [4.69, 9.17) is 0 Å². The van der Waals surface area contributed by atoms with Gasteiger partial charge in [0.05, 0.1) is 5.75 Å². The summed E-state index contributed by atoms with van der Waals surface area (Å²) in [5.41, 5.74) is 0. The van der Waals surface area contributed by atoms with Crippen molar-refractivity contribution < 1.29 is 8.42 Å². The largest absolute Gasteiger partial charge is 0.315 e. The molecule has 1 rings (SSSR count). The second-order valence-electron chi connectivity index (χ2n) is 4.28. The first-order valence-electron chi connectivity index (χ1n) is 5.69. The van der Waals surface area contributed by atoms with Gasteiger partial charge in [0.15, 0.2) is 0 Å². The molecule has 0 atom stereocenters. The van der Waals surface area contributed by atoms with Gasteiger partial charge in [0.2, 0.25) is 0 Å². The topological polar surface area (TPSA) is 49.4 Å². The lowest BCUT2D eigenvalue weighted by atomic mass is 10.4. The molecule has 0 radical (unpaired) electrons. The fraction of sp³-hybridized carbons (Fsp3) is 1.00. The predicted octanol–water partition coefficient (Wildman–Crippen LogP) is 0.107. The Morgan fingerprint density at radius 2 is 1.87 bits per heavy atom. The van der Waals surface area contributed by atoms with E-state index in [1.807, 2.05) is 0 Å². The van der Waals surface area contributed by atoms with Gasteiger partial charge in [-0.15, -0.1) is 0 Å². The number of nitrogens with zero attached hydrogens (tertiary/aromatic N) is 1. The Morgan fingerprint density at radius 1 is 1.20 bits per heavy atom. The minimum absolute atomic E-state index is 0.295. The summed E-state index contributed by atoms with van der Waals surface area (Å²) in [5.74, 6) is 0.295. The fourth-order valence-electron chi connectivity index (χ4n) is 1.83. The summed E-state index contributed by atoms with van der Waals surface area (Å²) in [6.45, 7) is 5.33. The lowest BCUT2D eigenvalue weighted by molar-refractivity contribution is 0.336. The van der Waals surface area contributed by atoms with Crippen LogP contribution in [0.4, 0.5) is 0 Å². The molecule has 5 heteroatoms. The van der Waals surface area contributed by atoms with Crippen molar-refractivity contribution in [1.29, 1.82) is 0 Å². The first-order valence-corrected chi connectivity index (χ1v) is 7.75. The Bertz CT molecular complexity index is 259. The second kappa shape index (κ2) is 6.45. The Kier molecular flexibility index (Phi) is 5.56. The van der Waals surface area contributed by atoms with Crippen molar-refractivity contribution >= 4 is 9.84 Å². The van der Waals surface area contributed by atoms with Crippen LogP contribution in [0.25, 0.3) is 0 Å². The number of sulfone groups is 1. The average molecular weight is 234 g/mol. The number of hydrogen-bond donors (Lipinski definition) is 1. The molecule has 1 saturated heterocycles. The summed E-state index contributed by atoms with van der Waals surface area (Å²) in [6, 6.07) is 0. The SMILES string of the molecule is CS(=O)(=O)CCCNCCN1CCCC1. The van der Waals surface area contributed by atoms with Crippen LogP contribution in [0, 0.1) is 0 Å².